The lowest BCUT2D eigenvalue weighted by Crippen LogP contribution is -2.12. The molecule has 0 nitrogen and oxygen atoms in total. The van der Waals surface area contributed by atoms with Crippen molar-refractivity contribution in [3.05, 3.63) is 58.1 Å². The highest BCUT2D eigenvalue weighted by Crippen LogP contribution is 2.64. The van der Waals surface area contributed by atoms with E-state index in [9.17, 15) is 0 Å². The molecule has 2 aromatic carbocycles. The molecule has 1 saturated heterocycles. The van der Waals surface area contributed by atoms with E-state index in [1.54, 1.807) is 0 Å². The molecule has 18 heavy (non-hydrogen) atoms. The van der Waals surface area contributed by atoms with Gasteiger partial charge in [-0.05, 0) is 34.4 Å². The van der Waals surface area contributed by atoms with E-state index in [0.29, 0.717) is 0 Å². The average Bonchev–Trinajstić information content (AvgIpc) is 2.98. The third kappa shape index (κ3) is 1.41. The van der Waals surface area contributed by atoms with E-state index >= 15 is 0 Å². The molecule has 2 aliphatic rings. The molecule has 3 heteroatoms. The molecule has 1 aliphatic heterocycles. The molecule has 0 radical (unpaired) electrons. The van der Waals surface area contributed by atoms with Gasteiger partial charge < -0.3 is 0 Å². The maximum Gasteiger partial charge on any atom is 0.113 e. The molecule has 0 atom stereocenters. The number of rotatable bonds is 0. The van der Waals surface area contributed by atoms with Crippen LogP contribution >= 0.6 is 39.5 Å². The van der Waals surface area contributed by atoms with Gasteiger partial charge in [0.15, 0.2) is 0 Å². The number of thioether (sulfide) groups is 2. The molecule has 4 rings (SSSR count). The number of benzene rings is 2. The van der Waals surface area contributed by atoms with E-state index in [0.717, 1.165) is 0 Å². The van der Waals surface area contributed by atoms with Crippen LogP contribution in [0.5, 0.6) is 0 Å². The molecule has 0 bridgehead atoms. The van der Waals surface area contributed by atoms with Crippen LogP contribution in [0.15, 0.2) is 46.9 Å². The Morgan fingerprint density at radius 1 is 0.889 bits per heavy atom. The highest BCUT2D eigenvalue weighted by Gasteiger charge is 2.46. The van der Waals surface area contributed by atoms with Crippen LogP contribution in [0.2, 0.25) is 0 Å². The number of hydrogen-bond acceptors (Lipinski definition) is 2. The van der Waals surface area contributed by atoms with Crippen molar-refractivity contribution in [3.8, 4) is 11.1 Å². The Labute approximate surface area is 124 Å². The van der Waals surface area contributed by atoms with Gasteiger partial charge in [-0.25, -0.2) is 0 Å². The first kappa shape index (κ1) is 11.4. The summed E-state index contributed by atoms with van der Waals surface area (Å²) in [6.45, 7) is 0. The summed E-state index contributed by atoms with van der Waals surface area (Å²) < 4.78 is 1.33. The molecule has 0 amide bonds. The lowest BCUT2D eigenvalue weighted by Gasteiger charge is -2.24. The van der Waals surface area contributed by atoms with E-state index < -0.39 is 0 Å². The Hall–Kier alpha value is -0.380. The van der Waals surface area contributed by atoms with Gasteiger partial charge in [0.05, 0.1) is 0 Å². The van der Waals surface area contributed by atoms with Crippen LogP contribution in [-0.2, 0) is 4.08 Å². The molecule has 1 aliphatic carbocycles. The third-order valence-corrected chi connectivity index (χ3v) is 7.57. The number of halogens is 1. The summed E-state index contributed by atoms with van der Waals surface area (Å²) in [5.74, 6) is 2.48. The minimum absolute atomic E-state index is 0.149. The van der Waals surface area contributed by atoms with Gasteiger partial charge in [-0.15, -0.1) is 23.5 Å². The van der Waals surface area contributed by atoms with Crippen molar-refractivity contribution in [2.45, 2.75) is 4.08 Å². The van der Waals surface area contributed by atoms with Crippen LogP contribution in [0.1, 0.15) is 11.1 Å². The molecule has 1 heterocycles. The minimum Gasteiger partial charge on any atom is -0.134 e. The summed E-state index contributed by atoms with van der Waals surface area (Å²) in [6, 6.07) is 15.6. The second kappa shape index (κ2) is 4.06. The van der Waals surface area contributed by atoms with Gasteiger partial charge >= 0.3 is 0 Å². The van der Waals surface area contributed by atoms with E-state index in [2.05, 4.69) is 81.9 Å². The molecular weight excluding hydrogens is 324 g/mol. The highest BCUT2D eigenvalue weighted by molar-refractivity contribution is 9.10. The zero-order valence-corrected chi connectivity index (χ0v) is 12.9. The lowest BCUT2D eigenvalue weighted by atomic mass is 10.1. The van der Waals surface area contributed by atoms with Crippen molar-refractivity contribution in [1.29, 1.82) is 0 Å². The quantitative estimate of drug-likeness (QED) is 0.656. The van der Waals surface area contributed by atoms with Crippen LogP contribution in [0, 0.1) is 0 Å². The van der Waals surface area contributed by atoms with Gasteiger partial charge in [0.1, 0.15) is 4.08 Å². The largest absolute Gasteiger partial charge is 0.134 e. The number of fused-ring (bicyclic) bond motifs is 5. The molecule has 1 spiro atoms. The second-order valence-electron chi connectivity index (χ2n) is 4.55. The predicted octanol–water partition coefficient (Wildman–Crippen LogP) is 5.11. The molecule has 1 fully saturated rings. The number of hydrogen-bond donors (Lipinski definition) is 0. The van der Waals surface area contributed by atoms with Crippen molar-refractivity contribution in [2.75, 3.05) is 11.5 Å². The van der Waals surface area contributed by atoms with E-state index in [1.807, 2.05) is 0 Å². The van der Waals surface area contributed by atoms with Crippen molar-refractivity contribution in [3.63, 3.8) is 0 Å². The maximum absolute atomic E-state index is 3.62. The van der Waals surface area contributed by atoms with Gasteiger partial charge in [0.2, 0.25) is 0 Å². The summed E-state index contributed by atoms with van der Waals surface area (Å²) in [5, 5.41) is 0. The summed E-state index contributed by atoms with van der Waals surface area (Å²) in [7, 11) is 0. The first-order chi connectivity index (χ1) is 8.81. The standard InChI is InChI=1S/C15H11BrS2/c16-10-5-6-12-11-3-1-2-4-13(11)15(14(12)9-10)17-7-8-18-15/h1-6,9H,7-8H2. The normalized spacial score (nSPS) is 18.9. The maximum atomic E-state index is 3.62. The smallest absolute Gasteiger partial charge is 0.113 e. The van der Waals surface area contributed by atoms with Crippen LogP contribution in [0.3, 0.4) is 0 Å². The SMILES string of the molecule is Brc1ccc2c(c1)C1(SCCS1)c1ccccc1-2. The molecule has 0 saturated carbocycles. The van der Waals surface area contributed by atoms with Crippen LogP contribution < -0.4 is 0 Å². The molecule has 0 unspecified atom stereocenters. The Bertz CT molecular complexity index is 630. The second-order valence-corrected chi connectivity index (χ2v) is 8.34. The average molecular weight is 335 g/mol. The zero-order chi connectivity index (χ0) is 12.2. The Morgan fingerprint density at radius 3 is 2.44 bits per heavy atom. The monoisotopic (exact) mass is 334 g/mol. The van der Waals surface area contributed by atoms with E-state index in [4.69, 9.17) is 0 Å². The van der Waals surface area contributed by atoms with Crippen molar-refractivity contribution in [2.24, 2.45) is 0 Å². The Morgan fingerprint density at radius 2 is 1.61 bits per heavy atom. The Kier molecular flexibility index (Phi) is 2.58. The summed E-state index contributed by atoms with van der Waals surface area (Å²) in [5.41, 5.74) is 5.80. The summed E-state index contributed by atoms with van der Waals surface area (Å²) >= 11 is 7.80. The first-order valence-electron chi connectivity index (χ1n) is 5.99. The minimum atomic E-state index is 0.149. The van der Waals surface area contributed by atoms with Gasteiger partial charge in [0, 0.05) is 16.0 Å². The predicted molar refractivity (Wildman–Crippen MR) is 85.3 cm³/mol. The summed E-state index contributed by atoms with van der Waals surface area (Å²) in [4.78, 5) is 0. The lowest BCUT2D eigenvalue weighted by molar-refractivity contribution is 1.14. The molecular formula is C15H11BrS2. The molecule has 90 valence electrons. The van der Waals surface area contributed by atoms with Crippen LogP contribution in [0.25, 0.3) is 11.1 Å². The highest BCUT2D eigenvalue weighted by atomic mass is 79.9. The van der Waals surface area contributed by atoms with E-state index in [-0.39, 0.29) is 4.08 Å². The summed E-state index contributed by atoms with van der Waals surface area (Å²) in [6.07, 6.45) is 0. The fraction of sp³-hybridized carbons (Fsp3) is 0.200. The van der Waals surface area contributed by atoms with Crippen LogP contribution in [0.4, 0.5) is 0 Å². The van der Waals surface area contributed by atoms with Crippen molar-refractivity contribution in [1.82, 2.24) is 0 Å². The van der Waals surface area contributed by atoms with Gasteiger partial charge in [0.25, 0.3) is 0 Å². The van der Waals surface area contributed by atoms with Crippen LogP contribution in [-0.4, -0.2) is 11.5 Å². The topological polar surface area (TPSA) is 0 Å². The van der Waals surface area contributed by atoms with Crippen molar-refractivity contribution < 1.29 is 0 Å². The fourth-order valence-corrected chi connectivity index (χ4v) is 6.65. The third-order valence-electron chi connectivity index (χ3n) is 3.60. The first-order valence-corrected chi connectivity index (χ1v) is 8.75. The Balaban J connectivity index is 2.08. The van der Waals surface area contributed by atoms with Crippen molar-refractivity contribution >= 4 is 39.5 Å². The fourth-order valence-electron chi connectivity index (χ4n) is 2.90. The van der Waals surface area contributed by atoms with Gasteiger partial charge in [-0.1, -0.05) is 46.3 Å². The molecule has 2 aromatic rings. The zero-order valence-electron chi connectivity index (χ0n) is 9.65. The van der Waals surface area contributed by atoms with E-state index in [1.165, 1.54) is 38.2 Å². The molecule has 0 N–H and O–H groups in total. The molecule has 0 aromatic heterocycles. The van der Waals surface area contributed by atoms with Gasteiger partial charge in [-0.2, -0.15) is 0 Å². The van der Waals surface area contributed by atoms with Gasteiger partial charge in [-0.3, -0.25) is 0 Å².